The molecule has 10 rings (SSSR count). The molecule has 0 heterocycles. The van der Waals surface area contributed by atoms with Crippen molar-refractivity contribution in [1.82, 2.24) is 0 Å². The number of anilines is 5. The van der Waals surface area contributed by atoms with Gasteiger partial charge in [0.05, 0.1) is 17.1 Å². The van der Waals surface area contributed by atoms with Crippen molar-refractivity contribution >= 4 is 71.5 Å². The Morgan fingerprint density at radius 2 is 0.983 bits per heavy atom. The minimum absolute atomic E-state index is 0.0639. The van der Waals surface area contributed by atoms with Gasteiger partial charge in [-0.3, -0.25) is 0 Å². The summed E-state index contributed by atoms with van der Waals surface area (Å²) in [6, 6.07) is 52.8. The van der Waals surface area contributed by atoms with Crippen molar-refractivity contribution < 1.29 is 0 Å². The zero-order valence-electron chi connectivity index (χ0n) is 34.7. The van der Waals surface area contributed by atoms with Gasteiger partial charge < -0.3 is 9.80 Å². The van der Waals surface area contributed by atoms with E-state index in [9.17, 15) is 0 Å². The zero-order chi connectivity index (χ0) is 39.8. The molecule has 1 unspecified atom stereocenters. The van der Waals surface area contributed by atoms with Crippen molar-refractivity contribution in [2.75, 3.05) is 9.80 Å². The lowest BCUT2D eigenvalue weighted by atomic mass is 9.82. The Bertz CT molecular complexity index is 2920. The highest BCUT2D eigenvalue weighted by molar-refractivity contribution is 6.28. The third kappa shape index (κ3) is 6.09. The van der Waals surface area contributed by atoms with Gasteiger partial charge in [0.1, 0.15) is 0 Å². The van der Waals surface area contributed by atoms with E-state index in [1.165, 1.54) is 94.7 Å². The highest BCUT2D eigenvalue weighted by atomic mass is 15.2. The fourth-order valence-electron chi connectivity index (χ4n) is 9.58. The van der Waals surface area contributed by atoms with E-state index < -0.39 is 0 Å². The maximum atomic E-state index is 2.55. The minimum atomic E-state index is 0.0639. The normalized spacial score (nSPS) is 15.9. The molecule has 0 amide bonds. The lowest BCUT2D eigenvalue weighted by Gasteiger charge is -2.35. The third-order valence-corrected chi connectivity index (χ3v) is 12.7. The van der Waals surface area contributed by atoms with Crippen LogP contribution in [0.15, 0.2) is 175 Å². The fourth-order valence-corrected chi connectivity index (χ4v) is 9.58. The van der Waals surface area contributed by atoms with Crippen molar-refractivity contribution in [2.45, 2.75) is 71.6 Å². The van der Waals surface area contributed by atoms with E-state index >= 15 is 0 Å². The number of fused-ring (bicyclic) bond motifs is 2. The second-order valence-corrected chi connectivity index (χ2v) is 18.5. The molecule has 0 bridgehead atoms. The molecule has 2 nitrogen and oxygen atoms in total. The van der Waals surface area contributed by atoms with Crippen molar-refractivity contribution in [1.29, 1.82) is 0 Å². The van der Waals surface area contributed by atoms with Crippen LogP contribution in [0.2, 0.25) is 0 Å². The van der Waals surface area contributed by atoms with Gasteiger partial charge in [-0.15, -0.1) is 0 Å². The summed E-state index contributed by atoms with van der Waals surface area (Å²) in [7, 11) is 0. The highest BCUT2D eigenvalue weighted by Crippen LogP contribution is 2.49. The van der Waals surface area contributed by atoms with Gasteiger partial charge in [-0.05, 0) is 128 Å². The minimum Gasteiger partial charge on any atom is -0.310 e. The van der Waals surface area contributed by atoms with E-state index in [1.807, 2.05) is 0 Å². The molecule has 2 heteroatoms. The summed E-state index contributed by atoms with van der Waals surface area (Å²) < 4.78 is 0. The quantitative estimate of drug-likeness (QED) is 0.156. The van der Waals surface area contributed by atoms with Crippen LogP contribution >= 0.6 is 0 Å². The summed E-state index contributed by atoms with van der Waals surface area (Å²) >= 11 is 0. The average molecular weight is 753 g/mol. The molecule has 0 radical (unpaired) electrons. The number of allylic oxidation sites excluding steroid dienone is 5. The molecule has 0 N–H and O–H groups in total. The van der Waals surface area contributed by atoms with Crippen LogP contribution in [0, 0.1) is 5.92 Å². The number of benzene rings is 8. The summed E-state index contributed by atoms with van der Waals surface area (Å²) in [5.74, 6) is 0.543. The molecule has 2 aliphatic rings. The largest absolute Gasteiger partial charge is 0.310 e. The van der Waals surface area contributed by atoms with Crippen LogP contribution in [0.4, 0.5) is 28.4 Å². The molecule has 58 heavy (non-hydrogen) atoms. The predicted molar refractivity (Wildman–Crippen MR) is 251 cm³/mol. The van der Waals surface area contributed by atoms with Crippen LogP contribution in [0.3, 0.4) is 0 Å². The van der Waals surface area contributed by atoms with Crippen LogP contribution in [0.25, 0.3) is 43.1 Å². The van der Waals surface area contributed by atoms with Gasteiger partial charge >= 0.3 is 0 Å². The van der Waals surface area contributed by atoms with E-state index in [1.54, 1.807) is 0 Å². The Hall–Kier alpha value is -6.12. The smallest absolute Gasteiger partial charge is 0.0540 e. The monoisotopic (exact) mass is 752 g/mol. The van der Waals surface area contributed by atoms with Crippen LogP contribution in [-0.2, 0) is 10.8 Å². The molecular formula is C56H52N2. The van der Waals surface area contributed by atoms with Crippen molar-refractivity contribution in [2.24, 2.45) is 5.92 Å². The summed E-state index contributed by atoms with van der Waals surface area (Å²) in [6.07, 6.45) is 13.0. The zero-order valence-corrected chi connectivity index (χ0v) is 34.7. The molecule has 2 aliphatic carbocycles. The van der Waals surface area contributed by atoms with Gasteiger partial charge in [0, 0.05) is 33.2 Å². The molecule has 286 valence electrons. The first-order chi connectivity index (χ1) is 28.0. The van der Waals surface area contributed by atoms with Gasteiger partial charge in [0.15, 0.2) is 0 Å². The lowest BCUT2D eigenvalue weighted by molar-refractivity contribution is 0.559. The van der Waals surface area contributed by atoms with E-state index in [-0.39, 0.29) is 10.8 Å². The maximum Gasteiger partial charge on any atom is 0.0540 e. The molecule has 0 spiro atoms. The highest BCUT2D eigenvalue weighted by Gasteiger charge is 2.28. The fraction of sp³-hybridized carbons (Fsp3) is 0.214. The number of rotatable bonds is 6. The van der Waals surface area contributed by atoms with Crippen LogP contribution in [0.1, 0.15) is 71.9 Å². The standard InChI is InChI=1S/C56H52N2/c1-55(2,3)41-25-29-43(30-26-41)57(49-19-11-15-37-13-7-9-17-45(37)49)51-35-23-39-22-34-48-52(36-24-40-21-33-47(51)53(39)54(40)48)58(44-31-27-42(28-32-44)56(4,5)6)50-20-12-16-38-14-8-10-18-46(38)50/h7,9-13,15,17-36,38H,8,14,16H2,1-6H3. The summed E-state index contributed by atoms with van der Waals surface area (Å²) in [5.41, 5.74) is 11.5. The molecule has 1 atom stereocenters. The number of hydrogen-bond donors (Lipinski definition) is 0. The summed E-state index contributed by atoms with van der Waals surface area (Å²) in [4.78, 5) is 5.03. The Balaban J connectivity index is 1.23. The van der Waals surface area contributed by atoms with Gasteiger partial charge in [-0.25, -0.2) is 0 Å². The Morgan fingerprint density at radius 1 is 0.448 bits per heavy atom. The van der Waals surface area contributed by atoms with Crippen LogP contribution in [-0.4, -0.2) is 0 Å². The summed E-state index contributed by atoms with van der Waals surface area (Å²) in [5, 5.41) is 10.1. The molecule has 8 aromatic rings. The third-order valence-electron chi connectivity index (χ3n) is 12.7. The second-order valence-electron chi connectivity index (χ2n) is 18.5. The molecule has 0 fully saturated rings. The lowest BCUT2D eigenvalue weighted by Crippen LogP contribution is -2.23. The van der Waals surface area contributed by atoms with Crippen LogP contribution < -0.4 is 9.80 Å². The Labute approximate surface area is 343 Å². The van der Waals surface area contributed by atoms with E-state index in [0.717, 1.165) is 18.5 Å². The van der Waals surface area contributed by atoms with Crippen molar-refractivity contribution in [3.05, 3.63) is 186 Å². The molecular weight excluding hydrogens is 701 g/mol. The molecule has 0 aromatic heterocycles. The summed E-state index contributed by atoms with van der Waals surface area (Å²) in [6.45, 7) is 13.7. The Kier molecular flexibility index (Phi) is 8.60. The van der Waals surface area contributed by atoms with Gasteiger partial charge in [-0.2, -0.15) is 0 Å². The topological polar surface area (TPSA) is 6.48 Å². The van der Waals surface area contributed by atoms with Gasteiger partial charge in [0.2, 0.25) is 0 Å². The van der Waals surface area contributed by atoms with Crippen molar-refractivity contribution in [3.63, 3.8) is 0 Å². The molecule has 0 saturated carbocycles. The first-order valence-electron chi connectivity index (χ1n) is 21.1. The molecule has 8 aromatic carbocycles. The van der Waals surface area contributed by atoms with Crippen molar-refractivity contribution in [3.8, 4) is 0 Å². The van der Waals surface area contributed by atoms with E-state index in [0.29, 0.717) is 5.92 Å². The van der Waals surface area contributed by atoms with Gasteiger partial charge in [-0.1, -0.05) is 157 Å². The first kappa shape index (κ1) is 36.2. The predicted octanol–water partition coefficient (Wildman–Crippen LogP) is 16.1. The van der Waals surface area contributed by atoms with Gasteiger partial charge in [0.25, 0.3) is 0 Å². The van der Waals surface area contributed by atoms with E-state index in [2.05, 4.69) is 215 Å². The van der Waals surface area contributed by atoms with Crippen LogP contribution in [0.5, 0.6) is 0 Å². The first-order valence-corrected chi connectivity index (χ1v) is 21.1. The molecule has 0 saturated heterocycles. The number of hydrogen-bond acceptors (Lipinski definition) is 2. The average Bonchev–Trinajstić information content (AvgIpc) is 3.23. The number of nitrogens with zero attached hydrogens (tertiary/aromatic N) is 2. The van der Waals surface area contributed by atoms with E-state index in [4.69, 9.17) is 0 Å². The second kappa shape index (κ2) is 13.8. The maximum absolute atomic E-state index is 2.55. The SMILES string of the molecule is CC(C)(C)c1ccc(N(C2=C3C=CCCC3CC=C2)c2ccc3ccc4c(N(c5ccc(C(C)(C)C)cc5)c5cccc6ccccc56)ccc5ccc2c3c54)cc1. The molecule has 0 aliphatic heterocycles. The Morgan fingerprint density at radius 3 is 1.60 bits per heavy atom.